The average molecular weight is 392 g/mol. The predicted molar refractivity (Wildman–Crippen MR) is 36.2 cm³/mol. The first-order valence-corrected chi connectivity index (χ1v) is 2.90. The van der Waals surface area contributed by atoms with E-state index in [1.54, 1.807) is 0 Å². The molecule has 0 amide bonds. The van der Waals surface area contributed by atoms with Crippen LogP contribution < -0.4 is 37.2 Å². The van der Waals surface area contributed by atoms with E-state index in [9.17, 15) is 0 Å². The molecule has 0 saturated carbocycles. The topological polar surface area (TPSA) is 0 Å². The van der Waals surface area contributed by atoms with E-state index in [0.29, 0.717) is 0 Å². The molecule has 4 heteroatoms. The van der Waals surface area contributed by atoms with Crippen LogP contribution in [0.5, 0.6) is 0 Å². The van der Waals surface area contributed by atoms with Crippen molar-refractivity contribution in [2.45, 2.75) is 20.8 Å². The summed E-state index contributed by atoms with van der Waals surface area (Å²) in [6.07, 6.45) is 0. The number of aryl methyl sites for hydroxylation is 3. The van der Waals surface area contributed by atoms with Crippen LogP contribution in [0.3, 0.4) is 0 Å². The van der Waals surface area contributed by atoms with Gasteiger partial charge in [-0.3, -0.25) is 0 Å². The second-order valence-corrected chi connectivity index (χ2v) is 2.40. The summed E-state index contributed by atoms with van der Waals surface area (Å²) in [5, 5.41) is 0. The molecule has 1 aromatic rings. The van der Waals surface area contributed by atoms with E-state index in [2.05, 4.69) is 32.9 Å². The number of rotatable bonds is 0. The van der Waals surface area contributed by atoms with Crippen LogP contribution in [0, 0.1) is 20.8 Å². The van der Waals surface area contributed by atoms with Crippen LogP contribution >= 0.6 is 0 Å². The van der Waals surface area contributed by atoms with Gasteiger partial charge in [0.1, 0.15) is 0 Å². The Balaban J connectivity index is -0.0000000800. The number of halogens is 3. The fraction of sp³-hybridized carbons (Fsp3) is 0.375. The van der Waals surface area contributed by atoms with Gasteiger partial charge in [0.05, 0.1) is 0 Å². The summed E-state index contributed by atoms with van der Waals surface area (Å²) in [5.74, 6) is 0. The number of hydrogen-bond acceptors (Lipinski definition) is 0. The Morgan fingerprint density at radius 1 is 1.08 bits per heavy atom. The van der Waals surface area contributed by atoms with Gasteiger partial charge in [-0.2, -0.15) is 17.2 Å². The van der Waals surface area contributed by atoms with Crippen molar-refractivity contribution in [2.75, 3.05) is 0 Å². The zero-order valence-electron chi connectivity index (χ0n) is 7.29. The first kappa shape index (κ1) is 23.2. The van der Waals surface area contributed by atoms with Gasteiger partial charge in [0.15, 0.2) is 0 Å². The molecule has 0 unspecified atom stereocenters. The maximum atomic E-state index is 2.20. The van der Waals surface area contributed by atoms with Gasteiger partial charge in [-0.25, -0.2) is 11.6 Å². The minimum atomic E-state index is 0. The molecule has 0 heterocycles. The third-order valence-electron chi connectivity index (χ3n) is 1.51. The summed E-state index contributed by atoms with van der Waals surface area (Å²) in [4.78, 5) is 0. The Labute approximate surface area is 112 Å². The maximum absolute atomic E-state index is 2.20. The van der Waals surface area contributed by atoms with Crippen molar-refractivity contribution in [3.63, 3.8) is 0 Å². The molecule has 1 aromatic carbocycles. The SMILES string of the molecule is Cc1cc(C)[c-](C)c1.[Cl-].[Cl-].[Cl-].[Hf+4]. The molecular formula is C8H11Cl3Hf. The molecule has 68 valence electrons. The molecule has 0 aliphatic rings. The van der Waals surface area contributed by atoms with Crippen molar-refractivity contribution in [3.05, 3.63) is 28.8 Å². The smallest absolute Gasteiger partial charge is 1.00 e. The largest absolute Gasteiger partial charge is 4.00 e. The molecule has 0 nitrogen and oxygen atoms in total. The Morgan fingerprint density at radius 2 is 1.50 bits per heavy atom. The van der Waals surface area contributed by atoms with E-state index < -0.39 is 0 Å². The zero-order chi connectivity index (χ0) is 6.15. The molecule has 0 radical (unpaired) electrons. The molecular weight excluding hydrogens is 381 g/mol. The number of hydrogen-bond donors (Lipinski definition) is 0. The van der Waals surface area contributed by atoms with E-state index in [-0.39, 0.29) is 63.1 Å². The molecule has 0 N–H and O–H groups in total. The molecule has 0 spiro atoms. The van der Waals surface area contributed by atoms with E-state index in [1.165, 1.54) is 16.7 Å². The van der Waals surface area contributed by atoms with Crippen molar-refractivity contribution in [1.29, 1.82) is 0 Å². The van der Waals surface area contributed by atoms with Crippen molar-refractivity contribution < 1.29 is 63.1 Å². The monoisotopic (exact) mass is 392 g/mol. The molecule has 0 aromatic heterocycles. The molecule has 0 aliphatic carbocycles. The first-order chi connectivity index (χ1) is 3.70. The molecule has 0 saturated heterocycles. The van der Waals surface area contributed by atoms with Gasteiger partial charge < -0.3 is 37.2 Å². The second-order valence-electron chi connectivity index (χ2n) is 2.40. The Bertz CT molecular complexity index is 177. The van der Waals surface area contributed by atoms with Crippen LogP contribution in [0.1, 0.15) is 16.7 Å². The fourth-order valence-corrected chi connectivity index (χ4v) is 0.952. The van der Waals surface area contributed by atoms with Crippen LogP contribution in [0.25, 0.3) is 0 Å². The summed E-state index contributed by atoms with van der Waals surface area (Å²) < 4.78 is 0. The fourth-order valence-electron chi connectivity index (χ4n) is 0.952. The molecule has 0 fully saturated rings. The summed E-state index contributed by atoms with van der Waals surface area (Å²) in [7, 11) is 0. The van der Waals surface area contributed by atoms with Crippen LogP contribution in [0.15, 0.2) is 12.1 Å². The third-order valence-corrected chi connectivity index (χ3v) is 1.51. The first-order valence-electron chi connectivity index (χ1n) is 2.90. The van der Waals surface area contributed by atoms with Crippen molar-refractivity contribution >= 4 is 0 Å². The Kier molecular flexibility index (Phi) is 19.6. The van der Waals surface area contributed by atoms with Crippen LogP contribution in [0.2, 0.25) is 0 Å². The van der Waals surface area contributed by atoms with Gasteiger partial charge in [0, 0.05) is 0 Å². The van der Waals surface area contributed by atoms with E-state index in [1.807, 2.05) is 0 Å². The van der Waals surface area contributed by atoms with Crippen molar-refractivity contribution in [2.24, 2.45) is 0 Å². The van der Waals surface area contributed by atoms with Crippen LogP contribution in [0.4, 0.5) is 0 Å². The molecule has 1 rings (SSSR count). The molecule has 0 bridgehead atoms. The molecule has 12 heavy (non-hydrogen) atoms. The zero-order valence-corrected chi connectivity index (χ0v) is 13.1. The summed E-state index contributed by atoms with van der Waals surface area (Å²) in [5.41, 5.74) is 4.19. The molecule has 0 aliphatic heterocycles. The van der Waals surface area contributed by atoms with Gasteiger partial charge in [0.25, 0.3) is 0 Å². The van der Waals surface area contributed by atoms with E-state index in [4.69, 9.17) is 0 Å². The van der Waals surface area contributed by atoms with Gasteiger partial charge >= 0.3 is 25.8 Å². The van der Waals surface area contributed by atoms with Crippen molar-refractivity contribution in [1.82, 2.24) is 0 Å². The average Bonchev–Trinajstić information content (AvgIpc) is 1.85. The quantitative estimate of drug-likeness (QED) is 0.305. The van der Waals surface area contributed by atoms with Gasteiger partial charge in [0.2, 0.25) is 0 Å². The van der Waals surface area contributed by atoms with E-state index >= 15 is 0 Å². The van der Waals surface area contributed by atoms with Gasteiger partial charge in [-0.1, -0.05) is 20.8 Å². The molecule has 0 atom stereocenters. The minimum Gasteiger partial charge on any atom is -1.00 e. The van der Waals surface area contributed by atoms with Crippen LogP contribution in [-0.4, -0.2) is 0 Å². The Morgan fingerprint density at radius 3 is 1.58 bits per heavy atom. The normalized spacial score (nSPS) is 6.58. The van der Waals surface area contributed by atoms with E-state index in [0.717, 1.165) is 0 Å². The van der Waals surface area contributed by atoms with Gasteiger partial charge in [-0.05, 0) is 0 Å². The summed E-state index contributed by atoms with van der Waals surface area (Å²) in [6, 6.07) is 4.41. The minimum absolute atomic E-state index is 0. The third kappa shape index (κ3) is 6.59. The standard InChI is InChI=1S/C8H11.3ClH.Hf/c1-6-4-7(2)8(3)5-6;;;;/h4-5H,1-3H3;3*1H;/q-1;;;;+4/p-3. The maximum Gasteiger partial charge on any atom is 4.00 e. The summed E-state index contributed by atoms with van der Waals surface area (Å²) >= 11 is 0. The van der Waals surface area contributed by atoms with Gasteiger partial charge in [-0.15, -0.1) is 0 Å². The summed E-state index contributed by atoms with van der Waals surface area (Å²) in [6.45, 7) is 6.41. The van der Waals surface area contributed by atoms with Crippen molar-refractivity contribution in [3.8, 4) is 0 Å². The predicted octanol–water partition coefficient (Wildman–Crippen LogP) is -6.66. The van der Waals surface area contributed by atoms with Crippen LogP contribution in [-0.2, 0) is 25.8 Å². The Hall–Kier alpha value is 1.09. The second kappa shape index (κ2) is 10.2.